The lowest BCUT2D eigenvalue weighted by atomic mass is 9.95. The second-order valence-electron chi connectivity index (χ2n) is 5.59. The van der Waals surface area contributed by atoms with Crippen molar-refractivity contribution in [2.24, 2.45) is 0 Å². The Kier molecular flexibility index (Phi) is 2.41. The van der Waals surface area contributed by atoms with E-state index in [0.717, 1.165) is 6.54 Å². The van der Waals surface area contributed by atoms with Crippen molar-refractivity contribution in [3.63, 3.8) is 0 Å². The molecule has 0 saturated carbocycles. The van der Waals surface area contributed by atoms with Crippen molar-refractivity contribution in [2.75, 3.05) is 0 Å². The molecule has 0 bridgehead atoms. The fraction of sp³-hybridized carbons (Fsp3) is 0.333. The average molecular weight is 249 g/mol. The molecule has 2 aromatic carbocycles. The molecule has 0 aliphatic heterocycles. The first kappa shape index (κ1) is 11.1. The number of nitrogens with zero attached hydrogens (tertiary/aromatic N) is 1. The molecule has 1 nitrogen and oxygen atoms in total. The standard InChI is InChI=1S/C18H19N/c1-2-19-17-10-6-5-9-15(17)16-11-13-7-3-4-8-14(13)12-18(16)19/h3-4,7-8,11-12H,2,5-6,9-10H2,1H3. The van der Waals surface area contributed by atoms with E-state index in [4.69, 9.17) is 0 Å². The first-order valence-corrected chi connectivity index (χ1v) is 7.41. The van der Waals surface area contributed by atoms with Gasteiger partial charge in [0.05, 0.1) is 0 Å². The second-order valence-corrected chi connectivity index (χ2v) is 5.59. The van der Waals surface area contributed by atoms with Crippen molar-refractivity contribution in [1.29, 1.82) is 0 Å². The molecule has 0 atom stereocenters. The molecule has 1 aliphatic rings. The van der Waals surface area contributed by atoms with Crippen molar-refractivity contribution < 1.29 is 0 Å². The summed E-state index contributed by atoms with van der Waals surface area (Å²) in [6, 6.07) is 13.5. The van der Waals surface area contributed by atoms with E-state index >= 15 is 0 Å². The lowest BCUT2D eigenvalue weighted by molar-refractivity contribution is 0.630. The quantitative estimate of drug-likeness (QED) is 0.589. The van der Waals surface area contributed by atoms with Gasteiger partial charge >= 0.3 is 0 Å². The Bertz CT molecular complexity index is 712. The summed E-state index contributed by atoms with van der Waals surface area (Å²) in [6.07, 6.45) is 5.22. The first-order chi connectivity index (χ1) is 9.38. The van der Waals surface area contributed by atoms with E-state index in [-0.39, 0.29) is 0 Å². The molecule has 0 N–H and O–H groups in total. The third-order valence-electron chi connectivity index (χ3n) is 4.56. The fourth-order valence-corrected chi connectivity index (χ4v) is 3.68. The molecule has 19 heavy (non-hydrogen) atoms. The van der Waals surface area contributed by atoms with Gasteiger partial charge in [0.25, 0.3) is 0 Å². The summed E-state index contributed by atoms with van der Waals surface area (Å²) in [6.45, 7) is 3.35. The summed E-state index contributed by atoms with van der Waals surface area (Å²) in [4.78, 5) is 0. The maximum atomic E-state index is 2.54. The van der Waals surface area contributed by atoms with Gasteiger partial charge in [0.2, 0.25) is 0 Å². The summed E-state index contributed by atoms with van der Waals surface area (Å²) in [7, 11) is 0. The number of hydrogen-bond acceptors (Lipinski definition) is 0. The molecule has 1 aromatic heterocycles. The highest BCUT2D eigenvalue weighted by Crippen LogP contribution is 2.34. The minimum atomic E-state index is 1.09. The highest BCUT2D eigenvalue weighted by molar-refractivity contribution is 5.99. The van der Waals surface area contributed by atoms with Gasteiger partial charge in [-0.1, -0.05) is 24.3 Å². The van der Waals surface area contributed by atoms with Crippen LogP contribution in [0, 0.1) is 0 Å². The molecular weight excluding hydrogens is 230 g/mol. The molecule has 0 saturated heterocycles. The summed E-state index contributed by atoms with van der Waals surface area (Å²) in [5.74, 6) is 0. The first-order valence-electron chi connectivity index (χ1n) is 7.41. The molecule has 1 heterocycles. The number of aryl methyl sites for hydroxylation is 2. The summed E-state index contributed by atoms with van der Waals surface area (Å²) in [5.41, 5.74) is 4.65. The van der Waals surface area contributed by atoms with Crippen LogP contribution < -0.4 is 0 Å². The molecule has 4 rings (SSSR count). The van der Waals surface area contributed by atoms with Crippen molar-refractivity contribution in [2.45, 2.75) is 39.2 Å². The van der Waals surface area contributed by atoms with Gasteiger partial charge in [-0.3, -0.25) is 0 Å². The van der Waals surface area contributed by atoms with Gasteiger partial charge in [-0.25, -0.2) is 0 Å². The molecule has 0 amide bonds. The summed E-state index contributed by atoms with van der Waals surface area (Å²) >= 11 is 0. The van der Waals surface area contributed by atoms with Crippen LogP contribution in [0.1, 0.15) is 31.0 Å². The van der Waals surface area contributed by atoms with Gasteiger partial charge in [0.15, 0.2) is 0 Å². The number of hydrogen-bond donors (Lipinski definition) is 0. The Morgan fingerprint density at radius 1 is 1.00 bits per heavy atom. The predicted octanol–water partition coefficient (Wildman–Crippen LogP) is 4.69. The molecule has 0 radical (unpaired) electrons. The van der Waals surface area contributed by atoms with Gasteiger partial charge < -0.3 is 4.57 Å². The van der Waals surface area contributed by atoms with Crippen LogP contribution >= 0.6 is 0 Å². The molecule has 0 fully saturated rings. The molecule has 96 valence electrons. The normalized spacial score (nSPS) is 15.0. The number of aromatic nitrogens is 1. The van der Waals surface area contributed by atoms with Crippen LogP contribution in [0.3, 0.4) is 0 Å². The zero-order valence-corrected chi connectivity index (χ0v) is 11.4. The predicted molar refractivity (Wildman–Crippen MR) is 81.8 cm³/mol. The summed E-state index contributed by atoms with van der Waals surface area (Å²) in [5, 5.41) is 4.23. The number of fused-ring (bicyclic) bond motifs is 4. The van der Waals surface area contributed by atoms with Crippen LogP contribution in [-0.2, 0) is 19.4 Å². The second kappa shape index (κ2) is 4.12. The van der Waals surface area contributed by atoms with E-state index in [9.17, 15) is 0 Å². The minimum absolute atomic E-state index is 1.09. The van der Waals surface area contributed by atoms with Gasteiger partial charge in [0, 0.05) is 23.1 Å². The highest BCUT2D eigenvalue weighted by atomic mass is 15.0. The van der Waals surface area contributed by atoms with E-state index in [1.54, 1.807) is 11.3 Å². The van der Waals surface area contributed by atoms with Crippen molar-refractivity contribution in [1.82, 2.24) is 4.57 Å². The zero-order chi connectivity index (χ0) is 12.8. The van der Waals surface area contributed by atoms with Gasteiger partial charge in [-0.15, -0.1) is 0 Å². The van der Waals surface area contributed by atoms with Gasteiger partial charge in [-0.05, 0) is 61.1 Å². The Morgan fingerprint density at radius 3 is 2.53 bits per heavy atom. The molecule has 0 spiro atoms. The third-order valence-corrected chi connectivity index (χ3v) is 4.56. The van der Waals surface area contributed by atoms with Crippen molar-refractivity contribution in [3.8, 4) is 0 Å². The zero-order valence-electron chi connectivity index (χ0n) is 11.4. The van der Waals surface area contributed by atoms with Crippen LogP contribution in [-0.4, -0.2) is 4.57 Å². The van der Waals surface area contributed by atoms with Gasteiger partial charge in [0.1, 0.15) is 0 Å². The Balaban J connectivity index is 2.15. The third kappa shape index (κ3) is 1.54. The van der Waals surface area contributed by atoms with Crippen LogP contribution in [0.5, 0.6) is 0 Å². The Hall–Kier alpha value is -1.76. The summed E-state index contributed by atoms with van der Waals surface area (Å²) < 4.78 is 2.54. The smallest absolute Gasteiger partial charge is 0.0491 e. The van der Waals surface area contributed by atoms with Crippen LogP contribution in [0.25, 0.3) is 21.7 Å². The van der Waals surface area contributed by atoms with Crippen LogP contribution in [0.15, 0.2) is 36.4 Å². The highest BCUT2D eigenvalue weighted by Gasteiger charge is 2.19. The minimum Gasteiger partial charge on any atom is -0.345 e. The van der Waals surface area contributed by atoms with E-state index in [1.165, 1.54) is 47.4 Å². The lowest BCUT2D eigenvalue weighted by Gasteiger charge is -2.14. The molecule has 1 heteroatoms. The maximum Gasteiger partial charge on any atom is 0.0491 e. The number of benzene rings is 2. The molecular formula is C18H19N. The largest absolute Gasteiger partial charge is 0.345 e. The molecule has 0 unspecified atom stereocenters. The molecule has 3 aromatic rings. The Morgan fingerprint density at radius 2 is 1.74 bits per heavy atom. The van der Waals surface area contributed by atoms with Crippen molar-refractivity contribution >= 4 is 21.7 Å². The maximum absolute atomic E-state index is 2.54. The number of rotatable bonds is 1. The van der Waals surface area contributed by atoms with E-state index in [0.29, 0.717) is 0 Å². The lowest BCUT2D eigenvalue weighted by Crippen LogP contribution is -2.07. The topological polar surface area (TPSA) is 4.93 Å². The van der Waals surface area contributed by atoms with E-state index in [2.05, 4.69) is 47.9 Å². The molecule has 1 aliphatic carbocycles. The Labute approximate surface area is 113 Å². The van der Waals surface area contributed by atoms with Crippen LogP contribution in [0.2, 0.25) is 0 Å². The van der Waals surface area contributed by atoms with Crippen molar-refractivity contribution in [3.05, 3.63) is 47.7 Å². The fourth-order valence-electron chi connectivity index (χ4n) is 3.68. The van der Waals surface area contributed by atoms with Crippen LogP contribution in [0.4, 0.5) is 0 Å². The monoisotopic (exact) mass is 249 g/mol. The van der Waals surface area contributed by atoms with Gasteiger partial charge in [-0.2, -0.15) is 0 Å². The van der Waals surface area contributed by atoms with E-state index in [1.807, 2.05) is 0 Å². The SMILES string of the molecule is CCn1c2c(c3cc4ccccc4cc31)CCCC2. The average Bonchev–Trinajstić information content (AvgIpc) is 2.78. The van der Waals surface area contributed by atoms with E-state index < -0.39 is 0 Å².